The number of ether oxygens (including phenoxy) is 1. The van der Waals surface area contributed by atoms with Crippen LogP contribution in [0, 0.1) is 12.7 Å². The van der Waals surface area contributed by atoms with E-state index in [1.807, 2.05) is 19.1 Å². The highest BCUT2D eigenvalue weighted by Crippen LogP contribution is 2.19. The van der Waals surface area contributed by atoms with Crippen molar-refractivity contribution in [3.63, 3.8) is 0 Å². The summed E-state index contributed by atoms with van der Waals surface area (Å²) in [4.78, 5) is 4.17. The summed E-state index contributed by atoms with van der Waals surface area (Å²) in [6, 6.07) is 11.4. The minimum absolute atomic E-state index is 0.278. The molecule has 0 aliphatic heterocycles. The van der Waals surface area contributed by atoms with E-state index in [-0.39, 0.29) is 5.82 Å². The van der Waals surface area contributed by atoms with Gasteiger partial charge >= 0.3 is 0 Å². The topological polar surface area (TPSA) is 22.1 Å². The molecule has 0 saturated carbocycles. The van der Waals surface area contributed by atoms with E-state index in [9.17, 15) is 4.39 Å². The van der Waals surface area contributed by atoms with Gasteiger partial charge in [-0.2, -0.15) is 0 Å². The van der Waals surface area contributed by atoms with Gasteiger partial charge in [0.15, 0.2) is 0 Å². The van der Waals surface area contributed by atoms with Crippen LogP contribution in [0.1, 0.15) is 5.69 Å². The summed E-state index contributed by atoms with van der Waals surface area (Å²) in [5.41, 5.74) is 0.884. The highest BCUT2D eigenvalue weighted by Gasteiger charge is 1.98. The van der Waals surface area contributed by atoms with Crippen LogP contribution in [0.2, 0.25) is 0 Å². The van der Waals surface area contributed by atoms with Gasteiger partial charge in [0, 0.05) is 11.8 Å². The molecule has 0 saturated heterocycles. The molecule has 0 unspecified atom stereocenters. The Bertz CT molecular complexity index is 453. The van der Waals surface area contributed by atoms with E-state index in [1.165, 1.54) is 12.1 Å². The maximum atomic E-state index is 12.6. The molecule has 1 aromatic heterocycles. The predicted molar refractivity (Wildman–Crippen MR) is 55.4 cm³/mol. The van der Waals surface area contributed by atoms with Gasteiger partial charge in [0.25, 0.3) is 0 Å². The summed E-state index contributed by atoms with van der Waals surface area (Å²) < 4.78 is 18.1. The second kappa shape index (κ2) is 4.09. The van der Waals surface area contributed by atoms with Gasteiger partial charge in [0.2, 0.25) is 5.88 Å². The Kier molecular flexibility index (Phi) is 2.63. The summed E-state index contributed by atoms with van der Waals surface area (Å²) in [7, 11) is 0. The molecule has 76 valence electrons. The second-order valence-corrected chi connectivity index (χ2v) is 3.17. The number of aromatic nitrogens is 1. The fraction of sp³-hybridized carbons (Fsp3) is 0.0833. The lowest BCUT2D eigenvalue weighted by atomic mass is 10.3. The summed E-state index contributed by atoms with van der Waals surface area (Å²) in [5.74, 6) is 0.815. The molecule has 1 heterocycles. The fourth-order valence-electron chi connectivity index (χ4n) is 1.20. The number of hydrogen-bond donors (Lipinski definition) is 0. The van der Waals surface area contributed by atoms with Crippen molar-refractivity contribution in [1.29, 1.82) is 0 Å². The van der Waals surface area contributed by atoms with Gasteiger partial charge < -0.3 is 4.74 Å². The van der Waals surface area contributed by atoms with Gasteiger partial charge in [0.05, 0.1) is 0 Å². The van der Waals surface area contributed by atoms with Crippen molar-refractivity contribution >= 4 is 0 Å². The lowest BCUT2D eigenvalue weighted by molar-refractivity contribution is 0.460. The zero-order chi connectivity index (χ0) is 10.7. The standard InChI is InChI=1S/C12H10FNO/c1-9-3-2-4-12(14-9)15-11-7-5-10(13)6-8-11/h2-8H,1H3. The molecule has 0 bridgehead atoms. The molecule has 0 aliphatic carbocycles. The molecule has 1 aromatic carbocycles. The Balaban J connectivity index is 2.18. The number of halogens is 1. The molecule has 0 spiro atoms. The summed E-state index contributed by atoms with van der Waals surface area (Å²) in [6.07, 6.45) is 0. The van der Waals surface area contributed by atoms with Crippen LogP contribution in [-0.4, -0.2) is 4.98 Å². The maximum Gasteiger partial charge on any atom is 0.219 e. The van der Waals surface area contributed by atoms with E-state index in [1.54, 1.807) is 18.2 Å². The Labute approximate surface area is 87.4 Å². The first-order valence-electron chi connectivity index (χ1n) is 4.61. The van der Waals surface area contributed by atoms with Gasteiger partial charge in [-0.05, 0) is 37.3 Å². The molecular weight excluding hydrogens is 193 g/mol. The minimum atomic E-state index is -0.278. The lowest BCUT2D eigenvalue weighted by Crippen LogP contribution is -1.89. The second-order valence-electron chi connectivity index (χ2n) is 3.17. The Morgan fingerprint density at radius 1 is 1.07 bits per heavy atom. The number of nitrogens with zero attached hydrogens (tertiary/aromatic N) is 1. The highest BCUT2D eigenvalue weighted by molar-refractivity contribution is 5.27. The van der Waals surface area contributed by atoms with Gasteiger partial charge in [0.1, 0.15) is 11.6 Å². The van der Waals surface area contributed by atoms with Crippen LogP contribution in [0.15, 0.2) is 42.5 Å². The molecule has 0 N–H and O–H groups in total. The van der Waals surface area contributed by atoms with Crippen LogP contribution in [0.4, 0.5) is 4.39 Å². The molecule has 0 radical (unpaired) electrons. The van der Waals surface area contributed by atoms with Gasteiger partial charge in [-0.15, -0.1) is 0 Å². The summed E-state index contributed by atoms with van der Waals surface area (Å²) in [5, 5.41) is 0. The third-order valence-corrected chi connectivity index (χ3v) is 1.90. The van der Waals surface area contributed by atoms with Crippen molar-refractivity contribution in [1.82, 2.24) is 4.98 Å². The molecular formula is C12H10FNO. The molecule has 2 rings (SSSR count). The third-order valence-electron chi connectivity index (χ3n) is 1.90. The van der Waals surface area contributed by atoms with E-state index in [4.69, 9.17) is 4.74 Å². The number of aryl methyl sites for hydroxylation is 1. The average molecular weight is 203 g/mol. The first-order chi connectivity index (χ1) is 7.24. The molecule has 0 aliphatic rings. The zero-order valence-corrected chi connectivity index (χ0v) is 8.27. The van der Waals surface area contributed by atoms with Crippen LogP contribution in [-0.2, 0) is 0 Å². The molecule has 0 amide bonds. The molecule has 2 nitrogen and oxygen atoms in total. The van der Waals surface area contributed by atoms with Gasteiger partial charge in [-0.3, -0.25) is 0 Å². The summed E-state index contributed by atoms with van der Waals surface area (Å²) >= 11 is 0. The van der Waals surface area contributed by atoms with Gasteiger partial charge in [-0.1, -0.05) is 6.07 Å². The monoisotopic (exact) mass is 203 g/mol. The van der Waals surface area contributed by atoms with Gasteiger partial charge in [-0.25, -0.2) is 9.37 Å². The van der Waals surface area contributed by atoms with Crippen LogP contribution < -0.4 is 4.74 Å². The molecule has 15 heavy (non-hydrogen) atoms. The van der Waals surface area contributed by atoms with E-state index in [0.29, 0.717) is 11.6 Å². The zero-order valence-electron chi connectivity index (χ0n) is 8.27. The Hall–Kier alpha value is -1.90. The van der Waals surface area contributed by atoms with Crippen LogP contribution in [0.25, 0.3) is 0 Å². The third kappa shape index (κ3) is 2.53. The minimum Gasteiger partial charge on any atom is -0.439 e. The van der Waals surface area contributed by atoms with Crippen LogP contribution in [0.5, 0.6) is 11.6 Å². The van der Waals surface area contributed by atoms with Crippen molar-refractivity contribution in [3.8, 4) is 11.6 Å². The quantitative estimate of drug-likeness (QED) is 0.746. The molecule has 2 aromatic rings. The Morgan fingerprint density at radius 3 is 2.47 bits per heavy atom. The largest absolute Gasteiger partial charge is 0.439 e. The van der Waals surface area contributed by atoms with Crippen molar-refractivity contribution in [2.24, 2.45) is 0 Å². The molecule has 0 atom stereocenters. The van der Waals surface area contributed by atoms with E-state index >= 15 is 0 Å². The van der Waals surface area contributed by atoms with E-state index in [0.717, 1.165) is 5.69 Å². The normalized spacial score (nSPS) is 10.0. The SMILES string of the molecule is Cc1cccc(Oc2ccc(F)cc2)n1. The van der Waals surface area contributed by atoms with Crippen LogP contribution >= 0.6 is 0 Å². The predicted octanol–water partition coefficient (Wildman–Crippen LogP) is 3.32. The average Bonchev–Trinajstić information content (AvgIpc) is 2.22. The van der Waals surface area contributed by atoms with Crippen molar-refractivity contribution < 1.29 is 9.13 Å². The Morgan fingerprint density at radius 2 is 1.80 bits per heavy atom. The number of hydrogen-bond acceptors (Lipinski definition) is 2. The maximum absolute atomic E-state index is 12.6. The molecule has 0 fully saturated rings. The first-order valence-corrected chi connectivity index (χ1v) is 4.61. The number of benzene rings is 1. The van der Waals surface area contributed by atoms with Crippen molar-refractivity contribution in [3.05, 3.63) is 54.0 Å². The number of pyridine rings is 1. The fourth-order valence-corrected chi connectivity index (χ4v) is 1.20. The summed E-state index contributed by atoms with van der Waals surface area (Å²) in [6.45, 7) is 1.89. The smallest absolute Gasteiger partial charge is 0.219 e. The van der Waals surface area contributed by atoms with Crippen molar-refractivity contribution in [2.45, 2.75) is 6.92 Å². The molecule has 3 heteroatoms. The first kappa shape index (κ1) is 9.65. The van der Waals surface area contributed by atoms with Crippen LogP contribution in [0.3, 0.4) is 0 Å². The van der Waals surface area contributed by atoms with Crippen molar-refractivity contribution in [2.75, 3.05) is 0 Å². The van der Waals surface area contributed by atoms with E-state index in [2.05, 4.69) is 4.98 Å². The highest BCUT2D eigenvalue weighted by atomic mass is 19.1. The number of rotatable bonds is 2. The van der Waals surface area contributed by atoms with E-state index < -0.39 is 0 Å². The lowest BCUT2D eigenvalue weighted by Gasteiger charge is -2.04.